The molecule has 0 aliphatic carbocycles. The van der Waals surface area contributed by atoms with Gasteiger partial charge in [0, 0.05) is 23.0 Å². The molecule has 1 aliphatic heterocycles. The maximum absolute atomic E-state index is 12.6. The van der Waals surface area contributed by atoms with Crippen molar-refractivity contribution in [3.63, 3.8) is 0 Å². The number of piperidine rings is 1. The minimum absolute atomic E-state index is 0.0142. The summed E-state index contributed by atoms with van der Waals surface area (Å²) in [7, 11) is 3.31. The van der Waals surface area contributed by atoms with Gasteiger partial charge in [0.25, 0.3) is 0 Å². The molecule has 1 fully saturated rings. The molecule has 0 radical (unpaired) electrons. The third-order valence-electron chi connectivity index (χ3n) is 5.06. The van der Waals surface area contributed by atoms with Crippen molar-refractivity contribution in [3.8, 4) is 17.2 Å². The summed E-state index contributed by atoms with van der Waals surface area (Å²) >= 11 is 5.94. The lowest BCUT2D eigenvalue weighted by molar-refractivity contribution is -0.121. The first kappa shape index (κ1) is 20.3. The second-order valence-corrected chi connectivity index (χ2v) is 7.32. The van der Waals surface area contributed by atoms with Gasteiger partial charge in [0.1, 0.15) is 17.2 Å². The zero-order valence-corrected chi connectivity index (χ0v) is 16.8. The summed E-state index contributed by atoms with van der Waals surface area (Å²) in [6.07, 6.45) is 1.50. The Morgan fingerprint density at radius 1 is 1.18 bits per heavy atom. The first-order chi connectivity index (χ1) is 13.5. The molecule has 150 valence electrons. The molecule has 0 unspecified atom stereocenters. The van der Waals surface area contributed by atoms with E-state index < -0.39 is 0 Å². The van der Waals surface area contributed by atoms with Crippen LogP contribution in [0.25, 0.3) is 0 Å². The van der Waals surface area contributed by atoms with Gasteiger partial charge in [-0.2, -0.15) is 0 Å². The molecule has 1 aliphatic rings. The molecule has 2 aromatic rings. The Balaban J connectivity index is 1.57. The minimum Gasteiger partial charge on any atom is -0.506 e. The van der Waals surface area contributed by atoms with E-state index in [0.29, 0.717) is 10.7 Å². The first-order valence-corrected chi connectivity index (χ1v) is 9.60. The van der Waals surface area contributed by atoms with Gasteiger partial charge in [0.2, 0.25) is 5.91 Å². The number of nitrogens with zero attached hydrogens (tertiary/aromatic N) is 1. The number of anilines is 1. The zero-order valence-electron chi connectivity index (χ0n) is 16.1. The van der Waals surface area contributed by atoms with Crippen LogP contribution in [0.2, 0.25) is 5.02 Å². The molecule has 6 nitrogen and oxygen atoms in total. The van der Waals surface area contributed by atoms with Crippen molar-refractivity contribution in [1.29, 1.82) is 0 Å². The highest BCUT2D eigenvalue weighted by atomic mass is 35.5. The van der Waals surface area contributed by atoms with Crippen molar-refractivity contribution in [2.24, 2.45) is 5.92 Å². The molecule has 1 amide bonds. The van der Waals surface area contributed by atoms with E-state index in [1.54, 1.807) is 26.4 Å². The first-order valence-electron chi connectivity index (χ1n) is 9.22. The summed E-state index contributed by atoms with van der Waals surface area (Å²) in [5.41, 5.74) is 1.41. The Morgan fingerprint density at radius 2 is 1.93 bits per heavy atom. The molecule has 0 atom stereocenters. The van der Waals surface area contributed by atoms with Crippen LogP contribution < -0.4 is 14.8 Å². The summed E-state index contributed by atoms with van der Waals surface area (Å²) in [6, 6.07) is 10.4. The van der Waals surface area contributed by atoms with Crippen LogP contribution in [0.3, 0.4) is 0 Å². The molecular formula is C21H25ClN2O4. The Morgan fingerprint density at radius 3 is 2.61 bits per heavy atom. The molecule has 1 heterocycles. The largest absolute Gasteiger partial charge is 0.506 e. The summed E-state index contributed by atoms with van der Waals surface area (Å²) in [6.45, 7) is 2.35. The third-order valence-corrected chi connectivity index (χ3v) is 5.29. The molecule has 28 heavy (non-hydrogen) atoms. The highest BCUT2D eigenvalue weighted by molar-refractivity contribution is 6.31. The topological polar surface area (TPSA) is 71.0 Å². The van der Waals surface area contributed by atoms with Gasteiger partial charge in [-0.15, -0.1) is 0 Å². The molecule has 1 saturated heterocycles. The Kier molecular flexibility index (Phi) is 6.65. The monoisotopic (exact) mass is 404 g/mol. The van der Waals surface area contributed by atoms with Gasteiger partial charge in [-0.1, -0.05) is 11.6 Å². The number of phenols is 1. The average molecular weight is 405 g/mol. The average Bonchev–Trinajstić information content (AvgIpc) is 2.71. The Labute approximate surface area is 170 Å². The summed E-state index contributed by atoms with van der Waals surface area (Å²) in [5.74, 6) is 1.46. The van der Waals surface area contributed by atoms with Crippen molar-refractivity contribution >= 4 is 23.2 Å². The molecule has 2 aromatic carbocycles. The van der Waals surface area contributed by atoms with E-state index in [-0.39, 0.29) is 17.6 Å². The van der Waals surface area contributed by atoms with Crippen LogP contribution in [0.4, 0.5) is 5.69 Å². The summed E-state index contributed by atoms with van der Waals surface area (Å²) < 4.78 is 10.8. The number of hydrogen-bond acceptors (Lipinski definition) is 5. The van der Waals surface area contributed by atoms with Crippen molar-refractivity contribution in [1.82, 2.24) is 4.90 Å². The standard InChI is InChI=1S/C21H25ClN2O4/c1-27-17-4-6-20(28-2)15(11-17)13-24-9-7-14(8-10-24)21(26)23-18-12-16(22)3-5-19(18)25/h3-6,11-12,14,25H,7-10,13H2,1-2H3,(H,23,26). The van der Waals surface area contributed by atoms with Gasteiger partial charge in [-0.3, -0.25) is 9.69 Å². The number of benzene rings is 2. The van der Waals surface area contributed by atoms with E-state index in [1.165, 1.54) is 6.07 Å². The lowest BCUT2D eigenvalue weighted by Crippen LogP contribution is -2.37. The second kappa shape index (κ2) is 9.17. The van der Waals surface area contributed by atoms with Gasteiger partial charge in [0.05, 0.1) is 19.9 Å². The van der Waals surface area contributed by atoms with Gasteiger partial charge in [-0.25, -0.2) is 0 Å². The fourth-order valence-electron chi connectivity index (χ4n) is 3.44. The van der Waals surface area contributed by atoms with Crippen molar-refractivity contribution in [2.45, 2.75) is 19.4 Å². The number of ether oxygens (including phenoxy) is 2. The molecule has 0 bridgehead atoms. The van der Waals surface area contributed by atoms with E-state index in [0.717, 1.165) is 49.5 Å². The number of hydrogen-bond donors (Lipinski definition) is 2. The number of phenolic OH excluding ortho intramolecular Hbond substituents is 1. The van der Waals surface area contributed by atoms with E-state index in [1.807, 2.05) is 18.2 Å². The molecule has 0 spiro atoms. The predicted octanol–water partition coefficient (Wildman–Crippen LogP) is 3.91. The number of amides is 1. The smallest absolute Gasteiger partial charge is 0.227 e. The van der Waals surface area contributed by atoms with E-state index in [2.05, 4.69) is 10.2 Å². The number of nitrogens with one attached hydrogen (secondary N) is 1. The van der Waals surface area contributed by atoms with Crippen molar-refractivity contribution in [3.05, 3.63) is 47.0 Å². The van der Waals surface area contributed by atoms with Gasteiger partial charge in [-0.05, 0) is 62.3 Å². The maximum atomic E-state index is 12.6. The van der Waals surface area contributed by atoms with Crippen LogP contribution in [-0.2, 0) is 11.3 Å². The van der Waals surface area contributed by atoms with E-state index >= 15 is 0 Å². The SMILES string of the molecule is COc1ccc(OC)c(CN2CCC(C(=O)Nc3cc(Cl)ccc3O)CC2)c1. The predicted molar refractivity (Wildman–Crippen MR) is 109 cm³/mol. The van der Waals surface area contributed by atoms with Crippen LogP contribution >= 0.6 is 11.6 Å². The summed E-state index contributed by atoms with van der Waals surface area (Å²) in [4.78, 5) is 14.9. The van der Waals surface area contributed by atoms with E-state index in [9.17, 15) is 9.90 Å². The number of halogens is 1. The number of carbonyl (C=O) groups excluding carboxylic acids is 1. The lowest BCUT2D eigenvalue weighted by Gasteiger charge is -2.31. The van der Waals surface area contributed by atoms with Crippen LogP contribution in [0, 0.1) is 5.92 Å². The molecule has 0 saturated carbocycles. The fourth-order valence-corrected chi connectivity index (χ4v) is 3.61. The van der Waals surface area contributed by atoms with Crippen LogP contribution in [-0.4, -0.2) is 43.2 Å². The van der Waals surface area contributed by atoms with Gasteiger partial charge < -0.3 is 19.9 Å². The van der Waals surface area contributed by atoms with Crippen LogP contribution in [0.15, 0.2) is 36.4 Å². The molecule has 2 N–H and O–H groups in total. The Bertz CT molecular complexity index is 835. The molecule has 7 heteroatoms. The number of carbonyl (C=O) groups is 1. The van der Waals surface area contributed by atoms with Gasteiger partial charge >= 0.3 is 0 Å². The highest BCUT2D eigenvalue weighted by Crippen LogP contribution is 2.30. The van der Waals surface area contributed by atoms with Crippen LogP contribution in [0.5, 0.6) is 17.2 Å². The molecule has 0 aromatic heterocycles. The lowest BCUT2D eigenvalue weighted by atomic mass is 9.95. The second-order valence-electron chi connectivity index (χ2n) is 6.88. The number of rotatable bonds is 6. The quantitative estimate of drug-likeness (QED) is 0.714. The number of likely N-dealkylation sites (tertiary alicyclic amines) is 1. The van der Waals surface area contributed by atoms with E-state index in [4.69, 9.17) is 21.1 Å². The van der Waals surface area contributed by atoms with Crippen LogP contribution in [0.1, 0.15) is 18.4 Å². The zero-order chi connectivity index (χ0) is 20.1. The molecule has 3 rings (SSSR count). The maximum Gasteiger partial charge on any atom is 0.227 e. The Hall–Kier alpha value is -2.44. The fraction of sp³-hybridized carbons (Fsp3) is 0.381. The van der Waals surface area contributed by atoms with Crippen molar-refractivity contribution in [2.75, 3.05) is 32.6 Å². The number of methoxy groups -OCH3 is 2. The normalized spacial score (nSPS) is 15.2. The third kappa shape index (κ3) is 4.88. The minimum atomic E-state index is -0.0955. The highest BCUT2D eigenvalue weighted by Gasteiger charge is 2.26. The summed E-state index contributed by atoms with van der Waals surface area (Å²) in [5, 5.41) is 13.1. The van der Waals surface area contributed by atoms with Crippen molar-refractivity contribution < 1.29 is 19.4 Å². The van der Waals surface area contributed by atoms with Gasteiger partial charge in [0.15, 0.2) is 0 Å². The molecular weight excluding hydrogens is 380 g/mol. The number of aromatic hydroxyl groups is 1.